The summed E-state index contributed by atoms with van der Waals surface area (Å²) in [6.45, 7) is 5.36. The molecule has 5 nitrogen and oxygen atoms in total. The van der Waals surface area contributed by atoms with Gasteiger partial charge in [0.25, 0.3) is 0 Å². The number of benzene rings is 2. The first kappa shape index (κ1) is 19.9. The van der Waals surface area contributed by atoms with Crippen molar-refractivity contribution in [3.63, 3.8) is 0 Å². The van der Waals surface area contributed by atoms with Crippen molar-refractivity contribution in [2.24, 2.45) is 0 Å². The SMILES string of the molecule is CC(C)(C)OC(=O)N1CC(=O)O[C@H](Cc2ccccc2)[C@@H]1Cc1ccccc1. The summed E-state index contributed by atoms with van der Waals surface area (Å²) in [5, 5.41) is 0. The number of carbonyl (C=O) groups excluding carboxylic acids is 2. The normalized spacial score (nSPS) is 19.8. The molecular weight excluding hydrogens is 354 g/mol. The van der Waals surface area contributed by atoms with Gasteiger partial charge in [-0.25, -0.2) is 4.79 Å². The Balaban J connectivity index is 1.88. The average Bonchev–Trinajstić information content (AvgIpc) is 2.64. The van der Waals surface area contributed by atoms with Gasteiger partial charge in [0.2, 0.25) is 0 Å². The molecule has 0 N–H and O–H groups in total. The number of ether oxygens (including phenoxy) is 2. The first-order valence-corrected chi connectivity index (χ1v) is 9.59. The van der Waals surface area contributed by atoms with Gasteiger partial charge in [-0.05, 0) is 38.3 Å². The largest absolute Gasteiger partial charge is 0.458 e. The summed E-state index contributed by atoms with van der Waals surface area (Å²) in [4.78, 5) is 26.6. The Morgan fingerprint density at radius 1 is 1.00 bits per heavy atom. The summed E-state index contributed by atoms with van der Waals surface area (Å²) < 4.78 is 11.3. The number of rotatable bonds is 4. The van der Waals surface area contributed by atoms with Gasteiger partial charge in [0.15, 0.2) is 0 Å². The van der Waals surface area contributed by atoms with Crippen LogP contribution >= 0.6 is 0 Å². The zero-order chi connectivity index (χ0) is 20.1. The summed E-state index contributed by atoms with van der Waals surface area (Å²) in [6, 6.07) is 19.5. The summed E-state index contributed by atoms with van der Waals surface area (Å²) in [5.41, 5.74) is 1.51. The third-order valence-electron chi connectivity index (χ3n) is 4.61. The number of hydrogen-bond donors (Lipinski definition) is 0. The minimum absolute atomic E-state index is 0.0995. The highest BCUT2D eigenvalue weighted by atomic mass is 16.6. The first-order chi connectivity index (χ1) is 13.3. The molecule has 0 saturated carbocycles. The molecule has 148 valence electrons. The van der Waals surface area contributed by atoms with Crippen LogP contribution in [-0.2, 0) is 27.1 Å². The summed E-state index contributed by atoms with van der Waals surface area (Å²) in [5.74, 6) is -0.406. The molecule has 0 bridgehead atoms. The third-order valence-corrected chi connectivity index (χ3v) is 4.61. The fourth-order valence-corrected chi connectivity index (χ4v) is 3.38. The zero-order valence-electron chi connectivity index (χ0n) is 16.6. The van der Waals surface area contributed by atoms with Gasteiger partial charge in [0.1, 0.15) is 18.2 Å². The Hall–Kier alpha value is -2.82. The van der Waals surface area contributed by atoms with E-state index in [9.17, 15) is 9.59 Å². The fraction of sp³-hybridized carbons (Fsp3) is 0.391. The lowest BCUT2D eigenvalue weighted by atomic mass is 9.94. The lowest BCUT2D eigenvalue weighted by Crippen LogP contribution is -2.58. The average molecular weight is 381 g/mol. The molecule has 3 rings (SSSR count). The lowest BCUT2D eigenvalue weighted by Gasteiger charge is -2.41. The third kappa shape index (κ3) is 5.35. The Bertz CT molecular complexity index is 798. The van der Waals surface area contributed by atoms with E-state index in [1.807, 2.05) is 81.4 Å². The Morgan fingerprint density at radius 3 is 2.07 bits per heavy atom. The second kappa shape index (κ2) is 8.46. The van der Waals surface area contributed by atoms with Crippen LogP contribution in [0.15, 0.2) is 60.7 Å². The molecule has 2 aromatic carbocycles. The van der Waals surface area contributed by atoms with Crippen LogP contribution in [-0.4, -0.2) is 41.3 Å². The van der Waals surface area contributed by atoms with E-state index in [1.54, 1.807) is 0 Å². The Labute approximate surface area is 166 Å². The van der Waals surface area contributed by atoms with Gasteiger partial charge in [-0.15, -0.1) is 0 Å². The monoisotopic (exact) mass is 381 g/mol. The van der Waals surface area contributed by atoms with Crippen LogP contribution in [0.3, 0.4) is 0 Å². The molecule has 0 aliphatic carbocycles. The number of morpholine rings is 1. The van der Waals surface area contributed by atoms with Gasteiger partial charge in [-0.2, -0.15) is 0 Å². The molecule has 5 heteroatoms. The van der Waals surface area contributed by atoms with E-state index in [0.29, 0.717) is 12.8 Å². The minimum Gasteiger partial charge on any atom is -0.458 e. The smallest absolute Gasteiger partial charge is 0.411 e. The maximum absolute atomic E-state index is 12.9. The maximum atomic E-state index is 12.9. The quantitative estimate of drug-likeness (QED) is 0.751. The van der Waals surface area contributed by atoms with E-state index in [2.05, 4.69) is 0 Å². The van der Waals surface area contributed by atoms with Gasteiger partial charge >= 0.3 is 12.1 Å². The highest BCUT2D eigenvalue weighted by Gasteiger charge is 2.41. The van der Waals surface area contributed by atoms with Gasteiger partial charge < -0.3 is 9.47 Å². The molecule has 0 spiro atoms. The predicted molar refractivity (Wildman–Crippen MR) is 107 cm³/mol. The molecule has 1 fully saturated rings. The molecule has 0 radical (unpaired) electrons. The predicted octanol–water partition coefficient (Wildman–Crippen LogP) is 4.00. The summed E-state index contributed by atoms with van der Waals surface area (Å²) in [7, 11) is 0. The molecule has 1 aliphatic heterocycles. The number of hydrogen-bond acceptors (Lipinski definition) is 4. The Morgan fingerprint density at radius 2 is 1.54 bits per heavy atom. The highest BCUT2D eigenvalue weighted by Crippen LogP contribution is 2.25. The van der Waals surface area contributed by atoms with E-state index in [1.165, 1.54) is 4.90 Å². The van der Waals surface area contributed by atoms with Crippen LogP contribution in [0.4, 0.5) is 4.79 Å². The molecule has 2 atom stereocenters. The standard InChI is InChI=1S/C23H27NO4/c1-23(2,3)28-22(26)24-16-21(25)27-20(15-18-12-8-5-9-13-18)19(24)14-17-10-6-4-7-11-17/h4-13,19-20H,14-16H2,1-3H3/t19-,20+/m0/s1. The van der Waals surface area contributed by atoms with Crippen molar-refractivity contribution in [1.29, 1.82) is 0 Å². The van der Waals surface area contributed by atoms with Crippen molar-refractivity contribution in [3.8, 4) is 0 Å². The Kier molecular flexibility index (Phi) is 6.02. The molecule has 2 aromatic rings. The van der Waals surface area contributed by atoms with Crippen molar-refractivity contribution in [1.82, 2.24) is 4.90 Å². The van der Waals surface area contributed by atoms with Crippen LogP contribution in [0.1, 0.15) is 31.9 Å². The van der Waals surface area contributed by atoms with Crippen molar-refractivity contribution in [2.45, 2.75) is 51.4 Å². The number of esters is 1. The number of nitrogens with zero attached hydrogens (tertiary/aromatic N) is 1. The van der Waals surface area contributed by atoms with Gasteiger partial charge in [-0.1, -0.05) is 60.7 Å². The van der Waals surface area contributed by atoms with Crippen LogP contribution in [0, 0.1) is 0 Å². The summed E-state index contributed by atoms with van der Waals surface area (Å²) in [6.07, 6.45) is 0.216. The lowest BCUT2D eigenvalue weighted by molar-refractivity contribution is -0.163. The maximum Gasteiger partial charge on any atom is 0.411 e. The molecule has 0 unspecified atom stereocenters. The van der Waals surface area contributed by atoms with Gasteiger partial charge in [0.05, 0.1) is 6.04 Å². The molecule has 0 aromatic heterocycles. The molecule has 1 amide bonds. The van der Waals surface area contributed by atoms with Crippen LogP contribution < -0.4 is 0 Å². The second-order valence-corrected chi connectivity index (χ2v) is 8.08. The molecule has 28 heavy (non-hydrogen) atoms. The fourth-order valence-electron chi connectivity index (χ4n) is 3.38. The summed E-state index contributed by atoms with van der Waals surface area (Å²) >= 11 is 0. The second-order valence-electron chi connectivity index (χ2n) is 8.08. The van der Waals surface area contributed by atoms with E-state index >= 15 is 0 Å². The van der Waals surface area contributed by atoms with Crippen molar-refractivity contribution in [3.05, 3.63) is 71.8 Å². The molecule has 1 heterocycles. The van der Waals surface area contributed by atoms with Crippen molar-refractivity contribution in [2.75, 3.05) is 6.54 Å². The van der Waals surface area contributed by atoms with Crippen LogP contribution in [0.5, 0.6) is 0 Å². The number of carbonyl (C=O) groups is 2. The van der Waals surface area contributed by atoms with Gasteiger partial charge in [-0.3, -0.25) is 9.69 Å². The number of amides is 1. The van der Waals surface area contributed by atoms with Crippen LogP contribution in [0.25, 0.3) is 0 Å². The zero-order valence-corrected chi connectivity index (χ0v) is 16.6. The molecule has 1 aliphatic rings. The highest BCUT2D eigenvalue weighted by molar-refractivity contribution is 5.80. The van der Waals surface area contributed by atoms with Crippen LogP contribution in [0.2, 0.25) is 0 Å². The van der Waals surface area contributed by atoms with E-state index in [0.717, 1.165) is 11.1 Å². The van der Waals surface area contributed by atoms with E-state index in [4.69, 9.17) is 9.47 Å². The minimum atomic E-state index is -0.634. The molecule has 1 saturated heterocycles. The molecular formula is C23H27NO4. The van der Waals surface area contributed by atoms with Gasteiger partial charge in [0, 0.05) is 6.42 Å². The first-order valence-electron chi connectivity index (χ1n) is 9.59. The number of cyclic esters (lactones) is 1. The van der Waals surface area contributed by atoms with E-state index < -0.39 is 23.8 Å². The van der Waals surface area contributed by atoms with Crippen molar-refractivity contribution < 1.29 is 19.1 Å². The van der Waals surface area contributed by atoms with Crippen molar-refractivity contribution >= 4 is 12.1 Å². The van der Waals surface area contributed by atoms with E-state index in [-0.39, 0.29) is 12.6 Å². The topological polar surface area (TPSA) is 55.8 Å².